The van der Waals surface area contributed by atoms with Gasteiger partial charge in [-0.15, -0.1) is 16.2 Å². The number of hydrogen-bond acceptors (Lipinski definition) is 9. The minimum Gasteiger partial charge on any atom is -0.495 e. The zero-order valence-electron chi connectivity index (χ0n) is 17.1. The summed E-state index contributed by atoms with van der Waals surface area (Å²) in [6, 6.07) is 5.17. The molecule has 31 heavy (non-hydrogen) atoms. The molecule has 2 aliphatic heterocycles. The van der Waals surface area contributed by atoms with E-state index in [-0.39, 0.29) is 18.0 Å². The number of nitrogens with two attached hydrogens (primary N) is 2. The van der Waals surface area contributed by atoms with E-state index in [2.05, 4.69) is 15.3 Å². The van der Waals surface area contributed by atoms with Gasteiger partial charge in [0.05, 0.1) is 18.9 Å². The number of amides is 1. The number of hydrazone groups is 1. The first-order chi connectivity index (χ1) is 15.1. The maximum Gasteiger partial charge on any atom is 0.255 e. The van der Waals surface area contributed by atoms with E-state index in [0.717, 1.165) is 17.7 Å². The first-order valence-electron chi connectivity index (χ1n) is 9.97. The summed E-state index contributed by atoms with van der Waals surface area (Å²) in [5, 5.41) is 8.87. The highest BCUT2D eigenvalue weighted by Crippen LogP contribution is 2.50. The van der Waals surface area contributed by atoms with Gasteiger partial charge in [0.25, 0.3) is 5.91 Å². The Bertz CT molecular complexity index is 1040. The molecule has 0 spiro atoms. The van der Waals surface area contributed by atoms with E-state index in [9.17, 15) is 9.70 Å². The third-order valence-corrected chi connectivity index (χ3v) is 7.11. The number of carbonyl (C=O) groups excluding carboxylic acids is 1. The second-order valence-electron chi connectivity index (χ2n) is 7.78. The lowest BCUT2D eigenvalue weighted by Gasteiger charge is -2.42. The molecular formula is C21H24N6O3S. The van der Waals surface area contributed by atoms with Crippen LogP contribution in [0.2, 0.25) is 0 Å². The molecule has 0 radical (unpaired) electrons. The number of nitroso groups, excluding NO2 is 1. The van der Waals surface area contributed by atoms with Crippen molar-refractivity contribution >= 4 is 29.0 Å². The van der Waals surface area contributed by atoms with Crippen LogP contribution in [0.5, 0.6) is 5.75 Å². The van der Waals surface area contributed by atoms with Gasteiger partial charge in [0, 0.05) is 53.2 Å². The normalized spacial score (nSPS) is 25.7. The molecule has 10 heteroatoms. The fourth-order valence-electron chi connectivity index (χ4n) is 4.79. The number of methoxy groups -OCH3 is 1. The first kappa shape index (κ1) is 21.0. The lowest BCUT2D eigenvalue weighted by Crippen LogP contribution is -2.51. The Hall–Kier alpha value is -3.27. The van der Waals surface area contributed by atoms with Crippen molar-refractivity contribution in [1.82, 2.24) is 9.88 Å². The van der Waals surface area contributed by atoms with Gasteiger partial charge in [0.15, 0.2) is 5.54 Å². The van der Waals surface area contributed by atoms with Crippen LogP contribution >= 0.6 is 11.3 Å². The summed E-state index contributed by atoms with van der Waals surface area (Å²) in [6.07, 6.45) is 7.01. The predicted molar refractivity (Wildman–Crippen MR) is 120 cm³/mol. The van der Waals surface area contributed by atoms with Crippen molar-refractivity contribution in [2.45, 2.75) is 43.3 Å². The molecule has 4 rings (SSSR count). The van der Waals surface area contributed by atoms with Crippen LogP contribution in [0, 0.1) is 4.91 Å². The minimum absolute atomic E-state index is 0.0523. The fourth-order valence-corrected chi connectivity index (χ4v) is 5.66. The molecule has 0 aliphatic carbocycles. The minimum atomic E-state index is -0.998. The van der Waals surface area contributed by atoms with E-state index in [4.69, 9.17) is 16.3 Å². The summed E-state index contributed by atoms with van der Waals surface area (Å²) < 4.78 is 5.44. The van der Waals surface area contributed by atoms with Gasteiger partial charge in [-0.3, -0.25) is 9.78 Å². The van der Waals surface area contributed by atoms with Crippen molar-refractivity contribution in [3.63, 3.8) is 0 Å². The number of piperidine rings is 1. The van der Waals surface area contributed by atoms with E-state index < -0.39 is 5.54 Å². The van der Waals surface area contributed by atoms with E-state index in [1.54, 1.807) is 31.5 Å². The number of carbonyl (C=O) groups is 1. The summed E-state index contributed by atoms with van der Waals surface area (Å²) in [4.78, 5) is 32.6. The highest BCUT2D eigenvalue weighted by atomic mass is 32.1. The highest BCUT2D eigenvalue weighted by Gasteiger charge is 2.53. The molecule has 2 unspecified atom stereocenters. The fraction of sp³-hybridized carbons (Fsp3) is 0.381. The van der Waals surface area contributed by atoms with Crippen molar-refractivity contribution < 1.29 is 9.53 Å². The van der Waals surface area contributed by atoms with Gasteiger partial charge in [-0.1, -0.05) is 5.18 Å². The molecule has 2 fully saturated rings. The molecule has 0 aromatic carbocycles. The lowest BCUT2D eigenvalue weighted by atomic mass is 9.80. The zero-order valence-corrected chi connectivity index (χ0v) is 17.9. The third-order valence-electron chi connectivity index (χ3n) is 6.13. The number of nitrogens with zero attached hydrogens (tertiary/aromatic N) is 4. The Labute approximate surface area is 183 Å². The Morgan fingerprint density at radius 1 is 1.39 bits per heavy atom. The molecule has 4 N–H and O–H groups in total. The molecule has 2 saturated heterocycles. The van der Waals surface area contributed by atoms with Crippen LogP contribution in [0.3, 0.4) is 0 Å². The molecule has 2 aliphatic rings. The Morgan fingerprint density at radius 2 is 2.13 bits per heavy atom. The Morgan fingerprint density at radius 3 is 2.74 bits per heavy atom. The number of thiophene rings is 1. The van der Waals surface area contributed by atoms with Crippen LogP contribution < -0.4 is 16.3 Å². The summed E-state index contributed by atoms with van der Waals surface area (Å²) in [6.45, 7) is 0. The van der Waals surface area contributed by atoms with E-state index in [1.807, 2.05) is 10.3 Å². The maximum atomic E-state index is 13.4. The number of allylic oxidation sites excluding steroid dienone is 1. The van der Waals surface area contributed by atoms with Crippen molar-refractivity contribution in [3.8, 4) is 5.75 Å². The summed E-state index contributed by atoms with van der Waals surface area (Å²) in [5.74, 6) is 5.73. The zero-order chi connectivity index (χ0) is 22.0. The van der Waals surface area contributed by atoms with Gasteiger partial charge in [0.2, 0.25) is 0 Å². The quantitative estimate of drug-likeness (QED) is 0.307. The molecule has 9 nitrogen and oxygen atoms in total. The molecular weight excluding hydrogens is 416 g/mol. The van der Waals surface area contributed by atoms with E-state index in [0.29, 0.717) is 35.4 Å². The standard InChI is InChI=1S/C21H24N6O3S/c1-30-17-3-2-6-24-19(17)21(26-29)8-15-4-5-16(9-21)27(15)20(28)13-7-18(31-12-13)14(10-22)11-25-23/h2-3,6-7,10-12,15-16H,4-5,8-9,22-23H2,1H3. The number of fused-ring (bicyclic) bond motifs is 2. The van der Waals surface area contributed by atoms with Crippen LogP contribution in [-0.4, -0.2) is 41.2 Å². The van der Waals surface area contributed by atoms with E-state index >= 15 is 0 Å². The second-order valence-corrected chi connectivity index (χ2v) is 8.69. The lowest BCUT2D eigenvalue weighted by molar-refractivity contribution is 0.0473. The Balaban J connectivity index is 1.61. The summed E-state index contributed by atoms with van der Waals surface area (Å²) in [5.41, 5.74) is 6.43. The van der Waals surface area contributed by atoms with Crippen LogP contribution in [-0.2, 0) is 5.54 Å². The number of ether oxygens (including phenoxy) is 1. The largest absolute Gasteiger partial charge is 0.495 e. The van der Waals surface area contributed by atoms with Gasteiger partial charge in [-0.05, 0) is 31.0 Å². The van der Waals surface area contributed by atoms with E-state index in [1.165, 1.54) is 23.8 Å². The SMILES string of the molecule is COc1cccnc1C1(N=O)CC2CCC(C1)N2C(=O)c1csc(C(C=NN)=CN)c1. The smallest absolute Gasteiger partial charge is 0.255 e. The molecule has 4 heterocycles. The maximum absolute atomic E-state index is 13.4. The monoisotopic (exact) mass is 440 g/mol. The van der Waals surface area contributed by atoms with Crippen LogP contribution in [0.25, 0.3) is 5.57 Å². The molecule has 1 amide bonds. The van der Waals surface area contributed by atoms with Gasteiger partial charge < -0.3 is 21.2 Å². The number of pyridine rings is 1. The molecule has 0 saturated carbocycles. The number of rotatable bonds is 6. The van der Waals surface area contributed by atoms with Gasteiger partial charge in [0.1, 0.15) is 11.4 Å². The van der Waals surface area contributed by atoms with Crippen molar-refractivity contribution in [2.24, 2.45) is 21.9 Å². The molecule has 2 aromatic heterocycles. The number of hydrogen-bond donors (Lipinski definition) is 2. The highest BCUT2D eigenvalue weighted by molar-refractivity contribution is 7.11. The van der Waals surface area contributed by atoms with Gasteiger partial charge in [-0.25, -0.2) is 0 Å². The molecule has 162 valence electrons. The summed E-state index contributed by atoms with van der Waals surface area (Å²) >= 11 is 1.41. The average Bonchev–Trinajstić information content (AvgIpc) is 3.40. The van der Waals surface area contributed by atoms with Crippen molar-refractivity contribution in [2.75, 3.05) is 7.11 Å². The molecule has 2 bridgehead atoms. The predicted octanol–water partition coefficient (Wildman–Crippen LogP) is 2.82. The Kier molecular flexibility index (Phi) is 5.73. The van der Waals surface area contributed by atoms with Crippen LogP contribution in [0.15, 0.2) is 46.3 Å². The van der Waals surface area contributed by atoms with Crippen LogP contribution in [0.4, 0.5) is 0 Å². The first-order valence-corrected chi connectivity index (χ1v) is 10.9. The van der Waals surface area contributed by atoms with Crippen LogP contribution in [0.1, 0.15) is 46.6 Å². The van der Waals surface area contributed by atoms with Gasteiger partial charge >= 0.3 is 0 Å². The summed E-state index contributed by atoms with van der Waals surface area (Å²) in [7, 11) is 1.56. The van der Waals surface area contributed by atoms with Gasteiger partial charge in [-0.2, -0.15) is 5.10 Å². The number of aromatic nitrogens is 1. The van der Waals surface area contributed by atoms with Crippen molar-refractivity contribution in [1.29, 1.82) is 0 Å². The third kappa shape index (κ3) is 3.56. The second kappa shape index (κ2) is 8.46. The molecule has 2 aromatic rings. The topological polar surface area (TPSA) is 136 Å². The van der Waals surface area contributed by atoms with Crippen molar-refractivity contribution in [3.05, 3.63) is 57.0 Å². The average molecular weight is 441 g/mol. The molecule has 2 atom stereocenters.